The van der Waals surface area contributed by atoms with Crippen molar-refractivity contribution in [2.75, 3.05) is 6.61 Å². The molecule has 3 aliphatic rings. The lowest BCUT2D eigenvalue weighted by atomic mass is 9.97. The Labute approximate surface area is 310 Å². The zero-order valence-electron chi connectivity index (χ0n) is 29.4. The van der Waals surface area contributed by atoms with Gasteiger partial charge in [0.05, 0.1) is 18.8 Å². The summed E-state index contributed by atoms with van der Waals surface area (Å²) < 4.78 is 45.5. The van der Waals surface area contributed by atoms with Gasteiger partial charge in [0.2, 0.25) is 17.5 Å². The summed E-state index contributed by atoms with van der Waals surface area (Å²) >= 11 is 0. The second-order valence-electron chi connectivity index (χ2n) is 13.5. The topological polar surface area (TPSA) is 314 Å². The molecule has 1 aromatic heterocycles. The van der Waals surface area contributed by atoms with Gasteiger partial charge in [0, 0.05) is 24.6 Å². The molecule has 0 amide bonds. The monoisotopic (exact) mass is 782 g/mol. The molecule has 302 valence electrons. The van der Waals surface area contributed by atoms with E-state index in [1.807, 2.05) is 0 Å². The van der Waals surface area contributed by atoms with Crippen molar-refractivity contribution in [1.82, 2.24) is 0 Å². The van der Waals surface area contributed by atoms with Gasteiger partial charge in [-0.15, -0.1) is 0 Å². The molecular formula is C35H42O20. The average Bonchev–Trinajstić information content (AvgIpc) is 3.13. The van der Waals surface area contributed by atoms with E-state index in [4.69, 9.17) is 37.6 Å². The molecule has 15 atom stereocenters. The highest BCUT2D eigenvalue weighted by molar-refractivity contribution is 5.88. The fraction of sp³-hybridized carbons (Fsp3) is 0.543. The zero-order valence-corrected chi connectivity index (χ0v) is 29.4. The lowest BCUT2D eigenvalue weighted by Crippen LogP contribution is -2.64. The van der Waals surface area contributed by atoms with Gasteiger partial charge in [-0.3, -0.25) is 9.59 Å². The molecule has 3 saturated heterocycles. The van der Waals surface area contributed by atoms with Crippen LogP contribution in [-0.2, 0) is 33.2 Å². The molecule has 2 aromatic carbocycles. The van der Waals surface area contributed by atoms with Crippen LogP contribution >= 0.6 is 0 Å². The van der Waals surface area contributed by atoms with Crippen LogP contribution in [0.1, 0.15) is 20.8 Å². The van der Waals surface area contributed by atoms with Crippen LogP contribution in [0.3, 0.4) is 0 Å². The number of ether oxygens (including phenoxy) is 7. The number of esters is 1. The molecule has 0 saturated carbocycles. The van der Waals surface area contributed by atoms with E-state index in [0.29, 0.717) is 0 Å². The minimum Gasteiger partial charge on any atom is -0.508 e. The van der Waals surface area contributed by atoms with E-state index in [0.717, 1.165) is 19.1 Å². The smallest absolute Gasteiger partial charge is 0.303 e. The number of fused-ring (bicyclic) bond motifs is 1. The summed E-state index contributed by atoms with van der Waals surface area (Å²) in [6, 6.07) is 7.21. The van der Waals surface area contributed by atoms with Crippen LogP contribution in [-0.4, -0.2) is 156 Å². The Morgan fingerprint density at radius 1 is 0.709 bits per heavy atom. The molecule has 3 fully saturated rings. The third kappa shape index (κ3) is 8.08. The molecule has 0 bridgehead atoms. The number of rotatable bonds is 9. The van der Waals surface area contributed by atoms with E-state index >= 15 is 0 Å². The van der Waals surface area contributed by atoms with E-state index in [2.05, 4.69) is 0 Å². The van der Waals surface area contributed by atoms with Crippen LogP contribution in [0.5, 0.6) is 23.0 Å². The first-order chi connectivity index (χ1) is 26.0. The normalized spacial score (nSPS) is 36.7. The molecule has 6 rings (SSSR count). The first kappa shape index (κ1) is 40.5. The lowest BCUT2D eigenvalue weighted by Gasteiger charge is -2.46. The summed E-state index contributed by atoms with van der Waals surface area (Å²) in [5.41, 5.74) is -1.08. The van der Waals surface area contributed by atoms with Gasteiger partial charge in [0.25, 0.3) is 0 Å². The Morgan fingerprint density at radius 2 is 1.35 bits per heavy atom. The number of benzene rings is 2. The molecular weight excluding hydrogens is 740 g/mol. The van der Waals surface area contributed by atoms with Crippen molar-refractivity contribution in [2.24, 2.45) is 0 Å². The Balaban J connectivity index is 1.22. The van der Waals surface area contributed by atoms with Gasteiger partial charge in [0.1, 0.15) is 83.2 Å². The van der Waals surface area contributed by atoms with Gasteiger partial charge in [-0.25, -0.2) is 0 Å². The van der Waals surface area contributed by atoms with Crippen molar-refractivity contribution < 1.29 is 93.4 Å². The van der Waals surface area contributed by atoms with E-state index in [-0.39, 0.29) is 22.7 Å². The number of carbonyl (C=O) groups is 1. The van der Waals surface area contributed by atoms with Gasteiger partial charge < -0.3 is 88.6 Å². The second-order valence-corrected chi connectivity index (χ2v) is 13.5. The molecule has 0 radical (unpaired) electrons. The summed E-state index contributed by atoms with van der Waals surface area (Å²) in [5.74, 6) is -3.01. The van der Waals surface area contributed by atoms with Gasteiger partial charge in [-0.2, -0.15) is 0 Å². The summed E-state index contributed by atoms with van der Waals surface area (Å²) in [4.78, 5) is 25.8. The Kier molecular flexibility index (Phi) is 11.9. The number of hydrogen-bond donors (Lipinski definition) is 10. The van der Waals surface area contributed by atoms with Crippen molar-refractivity contribution in [2.45, 2.75) is 113 Å². The molecule has 20 heteroatoms. The van der Waals surface area contributed by atoms with Crippen LogP contribution in [0.4, 0.5) is 0 Å². The third-order valence-electron chi connectivity index (χ3n) is 9.53. The Hall–Kier alpha value is -4.16. The summed E-state index contributed by atoms with van der Waals surface area (Å²) in [6.07, 6.45) is -23.9. The maximum absolute atomic E-state index is 13.8. The van der Waals surface area contributed by atoms with E-state index < -0.39 is 133 Å². The molecule has 3 aromatic rings. The van der Waals surface area contributed by atoms with E-state index in [9.17, 15) is 60.7 Å². The van der Waals surface area contributed by atoms with Crippen LogP contribution in [0.25, 0.3) is 22.3 Å². The Bertz CT molecular complexity index is 1880. The fourth-order valence-corrected chi connectivity index (χ4v) is 6.56. The van der Waals surface area contributed by atoms with Crippen molar-refractivity contribution in [1.29, 1.82) is 0 Å². The maximum atomic E-state index is 13.8. The van der Waals surface area contributed by atoms with Crippen LogP contribution in [0.2, 0.25) is 0 Å². The van der Waals surface area contributed by atoms with Crippen molar-refractivity contribution in [3.63, 3.8) is 0 Å². The number of phenols is 3. The summed E-state index contributed by atoms with van der Waals surface area (Å²) in [5, 5.41) is 104. The first-order valence-electron chi connectivity index (χ1n) is 17.1. The number of aromatic hydroxyl groups is 3. The number of aliphatic hydroxyl groups is 7. The maximum Gasteiger partial charge on any atom is 0.303 e. The predicted octanol–water partition coefficient (Wildman–Crippen LogP) is -1.97. The summed E-state index contributed by atoms with van der Waals surface area (Å²) in [7, 11) is 0. The van der Waals surface area contributed by atoms with Crippen molar-refractivity contribution in [3.8, 4) is 34.3 Å². The SMILES string of the molecule is CC(=O)O[C@@H]1C(O)[C@H](OCC2O[C@@H](Oc3c(-c4ccc(O)cc4)oc4cc(O)cc(O)c4c3=O)C(O)C(O)[C@H]2O)OC(C)[C@@H]1O[C@@H]1OC(C)[C@H](O)[C@H](O)C1O. The van der Waals surface area contributed by atoms with Gasteiger partial charge in [-0.1, -0.05) is 0 Å². The average molecular weight is 783 g/mol. The summed E-state index contributed by atoms with van der Waals surface area (Å²) in [6.45, 7) is 3.25. The number of aliphatic hydroxyl groups excluding tert-OH is 7. The van der Waals surface area contributed by atoms with Crippen LogP contribution < -0.4 is 10.2 Å². The fourth-order valence-electron chi connectivity index (χ4n) is 6.56. The van der Waals surface area contributed by atoms with E-state index in [1.54, 1.807) is 0 Å². The second kappa shape index (κ2) is 16.1. The predicted molar refractivity (Wildman–Crippen MR) is 179 cm³/mol. The minimum absolute atomic E-state index is 0.133. The van der Waals surface area contributed by atoms with Gasteiger partial charge in [-0.05, 0) is 38.1 Å². The van der Waals surface area contributed by atoms with Crippen LogP contribution in [0, 0.1) is 0 Å². The molecule has 4 heterocycles. The number of hydrogen-bond acceptors (Lipinski definition) is 20. The molecule has 55 heavy (non-hydrogen) atoms. The third-order valence-corrected chi connectivity index (χ3v) is 9.53. The first-order valence-corrected chi connectivity index (χ1v) is 17.1. The highest BCUT2D eigenvalue weighted by atomic mass is 16.8. The quantitative estimate of drug-likeness (QED) is 0.105. The molecule has 0 spiro atoms. The molecule has 7 unspecified atom stereocenters. The lowest BCUT2D eigenvalue weighted by molar-refractivity contribution is -0.357. The van der Waals surface area contributed by atoms with Gasteiger partial charge >= 0.3 is 5.97 Å². The molecule has 20 nitrogen and oxygen atoms in total. The number of carbonyl (C=O) groups excluding carboxylic acids is 1. The van der Waals surface area contributed by atoms with E-state index in [1.165, 1.54) is 38.1 Å². The zero-order chi connectivity index (χ0) is 40.0. The Morgan fingerprint density at radius 3 is 2.02 bits per heavy atom. The molecule has 10 N–H and O–H groups in total. The van der Waals surface area contributed by atoms with Gasteiger partial charge in [0.15, 0.2) is 24.4 Å². The largest absolute Gasteiger partial charge is 0.508 e. The minimum atomic E-state index is -2.00. The van der Waals surface area contributed by atoms with Crippen molar-refractivity contribution >= 4 is 16.9 Å². The highest BCUT2D eigenvalue weighted by Gasteiger charge is 2.52. The highest BCUT2D eigenvalue weighted by Crippen LogP contribution is 2.38. The van der Waals surface area contributed by atoms with Crippen LogP contribution in [0.15, 0.2) is 45.6 Å². The number of phenolic OH excluding ortho intramolecular Hbond substituents is 3. The van der Waals surface area contributed by atoms with Crippen molar-refractivity contribution in [3.05, 3.63) is 46.6 Å². The molecule has 3 aliphatic heterocycles. The molecule has 0 aliphatic carbocycles. The standard InChI is InChI=1S/C35H42O20/c1-11-21(40)24(43)26(45)34(49-11)54-29-12(2)50-33(28(47)32(29)51-13(3)36)48-10-19-22(41)25(44)27(46)35(53-19)55-31-23(42)20-17(39)8-16(38)9-18(20)52-30(31)14-4-6-15(37)7-5-14/h4-9,11-12,19,21-22,24-29,32-35,37-41,43-47H,10H2,1-3H3/t11?,12?,19?,21-,22-,24-,25?,26?,27?,28?,29-,32+,33+,34-,35-/m0/s1.